The van der Waals surface area contributed by atoms with Gasteiger partial charge in [0.25, 0.3) is 11.8 Å². The molecular formula is C22H19BrN2O3. The molecule has 0 saturated carbocycles. The smallest absolute Gasteiger partial charge is 0.262 e. The molecular weight excluding hydrogens is 420 g/mol. The molecule has 0 unspecified atom stereocenters. The van der Waals surface area contributed by atoms with E-state index in [4.69, 9.17) is 4.74 Å². The molecule has 0 atom stereocenters. The molecule has 0 spiro atoms. The molecule has 2 N–H and O–H groups in total. The first-order valence-corrected chi connectivity index (χ1v) is 9.46. The number of carbonyl (C=O) groups is 2. The lowest BCUT2D eigenvalue weighted by molar-refractivity contribution is -0.118. The van der Waals surface area contributed by atoms with Crippen LogP contribution in [0.1, 0.15) is 10.4 Å². The monoisotopic (exact) mass is 438 g/mol. The van der Waals surface area contributed by atoms with Gasteiger partial charge in [-0.1, -0.05) is 42.5 Å². The zero-order valence-electron chi connectivity index (χ0n) is 15.2. The highest BCUT2D eigenvalue weighted by molar-refractivity contribution is 9.10. The third kappa shape index (κ3) is 4.98. The fourth-order valence-electron chi connectivity index (χ4n) is 2.65. The Labute approximate surface area is 171 Å². The van der Waals surface area contributed by atoms with Crippen molar-refractivity contribution in [2.75, 3.05) is 19.0 Å². The number of carbonyl (C=O) groups excluding carboxylic acids is 2. The SMILES string of the molecule is CNC(=O)c1cccc(NC(=O)COc2ccc(-c3ccccc3)cc2Br)c1. The highest BCUT2D eigenvalue weighted by Gasteiger charge is 2.09. The fraction of sp³-hybridized carbons (Fsp3) is 0.0909. The molecule has 0 bridgehead atoms. The highest BCUT2D eigenvalue weighted by atomic mass is 79.9. The van der Waals surface area contributed by atoms with Crippen molar-refractivity contribution in [3.63, 3.8) is 0 Å². The van der Waals surface area contributed by atoms with Crippen molar-refractivity contribution in [3.05, 3.63) is 82.8 Å². The first kappa shape index (κ1) is 19.6. The van der Waals surface area contributed by atoms with Gasteiger partial charge in [0.05, 0.1) is 4.47 Å². The predicted molar refractivity (Wildman–Crippen MR) is 114 cm³/mol. The van der Waals surface area contributed by atoms with Crippen LogP contribution in [0.4, 0.5) is 5.69 Å². The lowest BCUT2D eigenvalue weighted by atomic mass is 10.1. The third-order valence-electron chi connectivity index (χ3n) is 4.03. The molecule has 0 aromatic heterocycles. The number of benzene rings is 3. The molecule has 0 radical (unpaired) electrons. The first-order chi connectivity index (χ1) is 13.6. The van der Waals surface area contributed by atoms with E-state index in [-0.39, 0.29) is 18.4 Å². The van der Waals surface area contributed by atoms with Crippen LogP contribution in [0.5, 0.6) is 5.75 Å². The van der Waals surface area contributed by atoms with Gasteiger partial charge in [0, 0.05) is 18.3 Å². The minimum Gasteiger partial charge on any atom is -0.483 e. The van der Waals surface area contributed by atoms with Crippen molar-refractivity contribution in [1.82, 2.24) is 5.32 Å². The van der Waals surface area contributed by atoms with Gasteiger partial charge in [0.15, 0.2) is 6.61 Å². The van der Waals surface area contributed by atoms with Crippen LogP contribution in [-0.4, -0.2) is 25.5 Å². The van der Waals surface area contributed by atoms with Crippen LogP contribution in [0.15, 0.2) is 77.3 Å². The zero-order valence-corrected chi connectivity index (χ0v) is 16.8. The molecule has 0 aliphatic rings. The molecule has 0 aliphatic heterocycles. The van der Waals surface area contributed by atoms with Crippen LogP contribution in [0.2, 0.25) is 0 Å². The molecule has 0 fully saturated rings. The normalized spacial score (nSPS) is 10.2. The minimum atomic E-state index is -0.312. The van der Waals surface area contributed by atoms with Gasteiger partial charge in [0.2, 0.25) is 0 Å². The number of rotatable bonds is 6. The summed E-state index contributed by atoms with van der Waals surface area (Å²) in [5.41, 5.74) is 3.16. The second-order valence-electron chi connectivity index (χ2n) is 6.01. The molecule has 0 saturated heterocycles. The molecule has 3 aromatic carbocycles. The Kier molecular flexibility index (Phi) is 6.45. The number of ether oxygens (including phenoxy) is 1. The summed E-state index contributed by atoms with van der Waals surface area (Å²) < 4.78 is 6.39. The Balaban J connectivity index is 1.61. The van der Waals surface area contributed by atoms with Crippen molar-refractivity contribution >= 4 is 33.4 Å². The van der Waals surface area contributed by atoms with Crippen molar-refractivity contribution < 1.29 is 14.3 Å². The number of halogens is 1. The van der Waals surface area contributed by atoms with Crippen LogP contribution in [0.25, 0.3) is 11.1 Å². The summed E-state index contributed by atoms with van der Waals surface area (Å²) in [5, 5.41) is 5.28. The Bertz CT molecular complexity index is 990. The van der Waals surface area contributed by atoms with Crippen LogP contribution in [-0.2, 0) is 4.79 Å². The van der Waals surface area contributed by atoms with Gasteiger partial charge >= 0.3 is 0 Å². The van der Waals surface area contributed by atoms with E-state index < -0.39 is 0 Å². The molecule has 5 nitrogen and oxygen atoms in total. The van der Waals surface area contributed by atoms with E-state index in [0.29, 0.717) is 17.0 Å². The molecule has 28 heavy (non-hydrogen) atoms. The lowest BCUT2D eigenvalue weighted by Crippen LogP contribution is -2.21. The summed E-state index contributed by atoms with van der Waals surface area (Å²) >= 11 is 3.49. The summed E-state index contributed by atoms with van der Waals surface area (Å²) in [5.74, 6) is 0.0526. The summed E-state index contributed by atoms with van der Waals surface area (Å²) in [7, 11) is 1.56. The van der Waals surface area contributed by atoms with Crippen molar-refractivity contribution in [1.29, 1.82) is 0 Å². The topological polar surface area (TPSA) is 67.4 Å². The summed E-state index contributed by atoms with van der Waals surface area (Å²) in [4.78, 5) is 23.9. The van der Waals surface area contributed by atoms with Crippen LogP contribution >= 0.6 is 15.9 Å². The average Bonchev–Trinajstić information content (AvgIpc) is 2.73. The summed E-state index contributed by atoms with van der Waals surface area (Å²) in [6, 6.07) is 22.4. The third-order valence-corrected chi connectivity index (χ3v) is 4.65. The molecule has 0 aliphatic carbocycles. The molecule has 0 heterocycles. The largest absolute Gasteiger partial charge is 0.483 e. The van der Waals surface area contributed by atoms with E-state index in [9.17, 15) is 9.59 Å². The highest BCUT2D eigenvalue weighted by Crippen LogP contribution is 2.30. The summed E-state index contributed by atoms with van der Waals surface area (Å²) in [6.07, 6.45) is 0. The molecule has 6 heteroatoms. The summed E-state index contributed by atoms with van der Waals surface area (Å²) in [6.45, 7) is -0.145. The Hall–Kier alpha value is -3.12. The van der Waals surface area contributed by atoms with Gasteiger partial charge < -0.3 is 15.4 Å². The number of hydrogen-bond acceptors (Lipinski definition) is 3. The van der Waals surface area contributed by atoms with E-state index in [2.05, 4.69) is 26.6 Å². The van der Waals surface area contributed by atoms with Gasteiger partial charge in [0.1, 0.15) is 5.75 Å². The van der Waals surface area contributed by atoms with Crippen LogP contribution in [0.3, 0.4) is 0 Å². The van der Waals surface area contributed by atoms with Crippen molar-refractivity contribution in [3.8, 4) is 16.9 Å². The van der Waals surface area contributed by atoms with Crippen LogP contribution < -0.4 is 15.4 Å². The first-order valence-electron chi connectivity index (χ1n) is 8.66. The molecule has 3 aromatic rings. The predicted octanol–water partition coefficient (Wildman–Crippen LogP) is 4.49. The molecule has 3 rings (SSSR count). The number of anilines is 1. The van der Waals surface area contributed by atoms with E-state index in [0.717, 1.165) is 15.6 Å². The van der Waals surface area contributed by atoms with Gasteiger partial charge in [-0.25, -0.2) is 0 Å². The Morgan fingerprint density at radius 3 is 2.43 bits per heavy atom. The second kappa shape index (κ2) is 9.19. The number of hydrogen-bond donors (Lipinski definition) is 2. The van der Waals surface area contributed by atoms with Crippen molar-refractivity contribution in [2.45, 2.75) is 0 Å². The average molecular weight is 439 g/mol. The van der Waals surface area contributed by atoms with E-state index in [1.807, 2.05) is 48.5 Å². The van der Waals surface area contributed by atoms with Gasteiger partial charge in [-0.2, -0.15) is 0 Å². The molecule has 142 valence electrons. The number of amides is 2. The Morgan fingerprint density at radius 2 is 1.71 bits per heavy atom. The minimum absolute atomic E-state index is 0.145. The lowest BCUT2D eigenvalue weighted by Gasteiger charge is -2.11. The van der Waals surface area contributed by atoms with Gasteiger partial charge in [-0.15, -0.1) is 0 Å². The van der Waals surface area contributed by atoms with E-state index in [1.54, 1.807) is 31.3 Å². The Morgan fingerprint density at radius 1 is 0.929 bits per heavy atom. The maximum atomic E-state index is 12.2. The maximum Gasteiger partial charge on any atom is 0.262 e. The second-order valence-corrected chi connectivity index (χ2v) is 6.86. The maximum absolute atomic E-state index is 12.2. The van der Waals surface area contributed by atoms with Crippen molar-refractivity contribution in [2.24, 2.45) is 0 Å². The fourth-order valence-corrected chi connectivity index (χ4v) is 3.14. The van der Waals surface area contributed by atoms with E-state index >= 15 is 0 Å². The molecule has 2 amide bonds. The van der Waals surface area contributed by atoms with E-state index in [1.165, 1.54) is 0 Å². The quantitative estimate of drug-likeness (QED) is 0.595. The standard InChI is InChI=1S/C22H19BrN2O3/c1-24-22(27)17-8-5-9-18(12-17)25-21(26)14-28-20-11-10-16(13-19(20)23)15-6-3-2-4-7-15/h2-13H,14H2,1H3,(H,24,27)(H,25,26). The number of nitrogens with one attached hydrogen (secondary N) is 2. The van der Waals surface area contributed by atoms with Crippen LogP contribution in [0, 0.1) is 0 Å². The van der Waals surface area contributed by atoms with Gasteiger partial charge in [-0.3, -0.25) is 9.59 Å². The van der Waals surface area contributed by atoms with Gasteiger partial charge in [-0.05, 0) is 57.4 Å². The zero-order chi connectivity index (χ0) is 19.9.